The van der Waals surface area contributed by atoms with E-state index in [9.17, 15) is 9.59 Å². The highest BCUT2D eigenvalue weighted by Gasteiger charge is 2.40. The standard InChI is InChI=1S/C13H21NO3/c1-13(7-2-3-8-13)14-11(15)9-5-4-6-10(9)12(16)17/h9-10H,2-8H2,1H3,(H,14,15)(H,16,17). The van der Waals surface area contributed by atoms with Gasteiger partial charge < -0.3 is 10.4 Å². The number of amides is 1. The van der Waals surface area contributed by atoms with Gasteiger partial charge in [0, 0.05) is 5.54 Å². The number of carboxylic acid groups (broad SMARTS) is 1. The van der Waals surface area contributed by atoms with E-state index < -0.39 is 11.9 Å². The molecule has 2 atom stereocenters. The summed E-state index contributed by atoms with van der Waals surface area (Å²) in [5.74, 6) is -1.65. The monoisotopic (exact) mass is 239 g/mol. The number of hydrogen-bond donors (Lipinski definition) is 2. The van der Waals surface area contributed by atoms with Crippen molar-refractivity contribution in [3.05, 3.63) is 0 Å². The predicted octanol–water partition coefficient (Wildman–Crippen LogP) is 1.94. The highest BCUT2D eigenvalue weighted by molar-refractivity contribution is 5.85. The van der Waals surface area contributed by atoms with Crippen LogP contribution in [0.3, 0.4) is 0 Å². The van der Waals surface area contributed by atoms with E-state index in [4.69, 9.17) is 5.11 Å². The van der Waals surface area contributed by atoms with Crippen molar-refractivity contribution >= 4 is 11.9 Å². The molecule has 0 bridgehead atoms. The highest BCUT2D eigenvalue weighted by atomic mass is 16.4. The van der Waals surface area contributed by atoms with E-state index in [2.05, 4.69) is 12.2 Å². The lowest BCUT2D eigenvalue weighted by Gasteiger charge is -2.28. The molecular weight excluding hydrogens is 218 g/mol. The summed E-state index contributed by atoms with van der Waals surface area (Å²) >= 11 is 0. The molecule has 2 aliphatic carbocycles. The first-order chi connectivity index (χ1) is 8.02. The first-order valence-electron chi connectivity index (χ1n) is 6.57. The zero-order valence-corrected chi connectivity index (χ0v) is 10.4. The average molecular weight is 239 g/mol. The molecule has 4 heteroatoms. The second-order valence-electron chi connectivity index (χ2n) is 5.74. The van der Waals surface area contributed by atoms with E-state index in [0.717, 1.165) is 38.5 Å². The van der Waals surface area contributed by atoms with Crippen LogP contribution in [0.5, 0.6) is 0 Å². The van der Waals surface area contributed by atoms with Crippen molar-refractivity contribution in [1.82, 2.24) is 5.32 Å². The Morgan fingerprint density at radius 3 is 2.29 bits per heavy atom. The Morgan fingerprint density at radius 2 is 1.71 bits per heavy atom. The Balaban J connectivity index is 1.97. The Kier molecular flexibility index (Phi) is 3.40. The summed E-state index contributed by atoms with van der Waals surface area (Å²) in [6, 6.07) is 0. The van der Waals surface area contributed by atoms with Crippen LogP contribution in [-0.2, 0) is 9.59 Å². The number of nitrogens with one attached hydrogen (secondary N) is 1. The Hall–Kier alpha value is -1.06. The lowest BCUT2D eigenvalue weighted by molar-refractivity contribution is -0.146. The molecule has 96 valence electrons. The van der Waals surface area contributed by atoms with Crippen molar-refractivity contribution in [2.75, 3.05) is 0 Å². The maximum Gasteiger partial charge on any atom is 0.307 e. The van der Waals surface area contributed by atoms with Crippen LogP contribution in [-0.4, -0.2) is 22.5 Å². The molecule has 0 aromatic heterocycles. The van der Waals surface area contributed by atoms with Gasteiger partial charge in [-0.3, -0.25) is 9.59 Å². The summed E-state index contributed by atoms with van der Waals surface area (Å²) in [5.41, 5.74) is -0.0945. The Morgan fingerprint density at radius 1 is 1.12 bits per heavy atom. The SMILES string of the molecule is CC1(NC(=O)C2CCCC2C(=O)O)CCCC1. The zero-order chi connectivity index (χ0) is 12.5. The molecule has 2 N–H and O–H groups in total. The minimum Gasteiger partial charge on any atom is -0.481 e. The van der Waals surface area contributed by atoms with Gasteiger partial charge in [0.1, 0.15) is 0 Å². The number of carboxylic acids is 1. The number of aliphatic carboxylic acids is 1. The summed E-state index contributed by atoms with van der Waals surface area (Å²) < 4.78 is 0. The molecule has 2 aliphatic rings. The lowest BCUT2D eigenvalue weighted by Crippen LogP contribution is -2.47. The van der Waals surface area contributed by atoms with Gasteiger partial charge in [-0.2, -0.15) is 0 Å². The van der Waals surface area contributed by atoms with Gasteiger partial charge >= 0.3 is 5.97 Å². The molecule has 4 nitrogen and oxygen atoms in total. The van der Waals surface area contributed by atoms with E-state index in [-0.39, 0.29) is 17.4 Å². The van der Waals surface area contributed by atoms with Crippen molar-refractivity contribution in [1.29, 1.82) is 0 Å². The van der Waals surface area contributed by atoms with Crippen LogP contribution in [0.4, 0.5) is 0 Å². The van der Waals surface area contributed by atoms with E-state index in [0.29, 0.717) is 6.42 Å². The van der Waals surface area contributed by atoms with Gasteiger partial charge in [0.2, 0.25) is 5.91 Å². The molecule has 2 saturated carbocycles. The molecule has 0 aliphatic heterocycles. The lowest BCUT2D eigenvalue weighted by atomic mass is 9.93. The maximum atomic E-state index is 12.1. The van der Waals surface area contributed by atoms with Gasteiger partial charge in [0.05, 0.1) is 11.8 Å². The largest absolute Gasteiger partial charge is 0.481 e. The molecular formula is C13H21NO3. The van der Waals surface area contributed by atoms with Crippen LogP contribution in [0, 0.1) is 11.8 Å². The number of carbonyl (C=O) groups is 2. The van der Waals surface area contributed by atoms with Gasteiger partial charge in [-0.1, -0.05) is 19.3 Å². The van der Waals surface area contributed by atoms with E-state index in [1.807, 2.05) is 0 Å². The fourth-order valence-electron chi connectivity index (χ4n) is 3.24. The third-order valence-corrected chi connectivity index (χ3v) is 4.30. The predicted molar refractivity (Wildman–Crippen MR) is 63.5 cm³/mol. The van der Waals surface area contributed by atoms with Crippen molar-refractivity contribution in [2.45, 2.75) is 57.4 Å². The van der Waals surface area contributed by atoms with Crippen LogP contribution in [0.1, 0.15) is 51.9 Å². The first-order valence-corrected chi connectivity index (χ1v) is 6.57. The quantitative estimate of drug-likeness (QED) is 0.791. The molecule has 2 fully saturated rings. The van der Waals surface area contributed by atoms with Gasteiger partial charge in [-0.25, -0.2) is 0 Å². The summed E-state index contributed by atoms with van der Waals surface area (Å²) in [5, 5.41) is 12.2. The topological polar surface area (TPSA) is 66.4 Å². The molecule has 1 amide bonds. The van der Waals surface area contributed by atoms with Crippen LogP contribution in [0.25, 0.3) is 0 Å². The Labute approximate surface area is 102 Å². The summed E-state index contributed by atoms with van der Waals surface area (Å²) in [6.07, 6.45) is 6.56. The summed E-state index contributed by atoms with van der Waals surface area (Å²) in [7, 11) is 0. The minimum atomic E-state index is -0.820. The van der Waals surface area contributed by atoms with E-state index >= 15 is 0 Å². The van der Waals surface area contributed by atoms with Gasteiger partial charge in [-0.05, 0) is 32.6 Å². The van der Waals surface area contributed by atoms with Crippen molar-refractivity contribution in [3.63, 3.8) is 0 Å². The maximum absolute atomic E-state index is 12.1. The van der Waals surface area contributed by atoms with E-state index in [1.165, 1.54) is 0 Å². The molecule has 0 spiro atoms. The molecule has 0 saturated heterocycles. The Bertz CT molecular complexity index is 321. The summed E-state index contributed by atoms with van der Waals surface area (Å²) in [4.78, 5) is 23.2. The van der Waals surface area contributed by atoms with Gasteiger partial charge in [0.15, 0.2) is 0 Å². The second kappa shape index (κ2) is 4.67. The molecule has 2 rings (SSSR count). The van der Waals surface area contributed by atoms with E-state index in [1.54, 1.807) is 0 Å². The number of hydrogen-bond acceptors (Lipinski definition) is 2. The van der Waals surface area contributed by atoms with Crippen LogP contribution in [0.2, 0.25) is 0 Å². The van der Waals surface area contributed by atoms with Crippen molar-refractivity contribution < 1.29 is 14.7 Å². The second-order valence-corrected chi connectivity index (χ2v) is 5.74. The number of carbonyl (C=O) groups excluding carboxylic acids is 1. The zero-order valence-electron chi connectivity index (χ0n) is 10.4. The molecule has 0 aromatic carbocycles. The normalized spacial score (nSPS) is 31.4. The van der Waals surface area contributed by atoms with Crippen LogP contribution >= 0.6 is 0 Å². The smallest absolute Gasteiger partial charge is 0.307 e. The third-order valence-electron chi connectivity index (χ3n) is 4.30. The molecule has 0 aromatic rings. The summed E-state index contributed by atoms with van der Waals surface area (Å²) in [6.45, 7) is 2.07. The van der Waals surface area contributed by atoms with Gasteiger partial charge in [0.25, 0.3) is 0 Å². The van der Waals surface area contributed by atoms with Gasteiger partial charge in [-0.15, -0.1) is 0 Å². The third kappa shape index (κ3) is 2.61. The van der Waals surface area contributed by atoms with Crippen LogP contribution < -0.4 is 5.32 Å². The van der Waals surface area contributed by atoms with Crippen molar-refractivity contribution in [2.24, 2.45) is 11.8 Å². The fraction of sp³-hybridized carbons (Fsp3) is 0.846. The molecule has 17 heavy (non-hydrogen) atoms. The van der Waals surface area contributed by atoms with Crippen molar-refractivity contribution in [3.8, 4) is 0 Å². The number of rotatable bonds is 3. The molecule has 0 radical (unpaired) electrons. The van der Waals surface area contributed by atoms with Crippen LogP contribution in [0.15, 0.2) is 0 Å². The first kappa shape index (κ1) is 12.4. The molecule has 2 unspecified atom stereocenters. The highest BCUT2D eigenvalue weighted by Crippen LogP contribution is 2.34. The fourth-order valence-corrected chi connectivity index (χ4v) is 3.24. The molecule has 0 heterocycles. The average Bonchev–Trinajstić information content (AvgIpc) is 2.85. The minimum absolute atomic E-state index is 0.0423.